The van der Waals surface area contributed by atoms with E-state index in [4.69, 9.17) is 15.6 Å². The van der Waals surface area contributed by atoms with Gasteiger partial charge in [-0.2, -0.15) is 0 Å². The number of nitrogens with two attached hydrogens (primary N) is 1. The van der Waals surface area contributed by atoms with Crippen molar-refractivity contribution in [3.05, 3.63) is 29.3 Å². The van der Waals surface area contributed by atoms with Gasteiger partial charge in [-0.25, -0.2) is 4.79 Å². The molecule has 0 radical (unpaired) electrons. The molecule has 0 saturated heterocycles. The summed E-state index contributed by atoms with van der Waals surface area (Å²) in [6.45, 7) is -0.301. The number of rotatable bonds is 3. The minimum absolute atomic E-state index is 0.200. The molecule has 1 aliphatic carbocycles. The van der Waals surface area contributed by atoms with Gasteiger partial charge >= 0.3 is 5.97 Å². The van der Waals surface area contributed by atoms with Crippen LogP contribution in [0.1, 0.15) is 24.0 Å². The van der Waals surface area contributed by atoms with Crippen LogP contribution in [0.3, 0.4) is 0 Å². The fraction of sp³-hybridized carbons (Fsp3) is 0.462. The average Bonchev–Trinajstić information content (AvgIpc) is 2.46. The monoisotopic (exact) mass is 235 g/mol. The average molecular weight is 235 g/mol. The van der Waals surface area contributed by atoms with Crippen LogP contribution in [0.4, 0.5) is 0 Å². The number of hydrogen-bond acceptors (Lipinski definition) is 3. The first-order valence-corrected chi connectivity index (χ1v) is 5.87. The second-order valence-corrected chi connectivity index (χ2v) is 4.47. The number of benzene rings is 1. The molecule has 1 unspecified atom stereocenters. The number of hydrogen-bond donors (Lipinski definition) is 2. The molecule has 92 valence electrons. The van der Waals surface area contributed by atoms with Crippen molar-refractivity contribution in [2.24, 2.45) is 5.73 Å². The van der Waals surface area contributed by atoms with Crippen LogP contribution in [0.25, 0.3) is 0 Å². The third-order valence-electron chi connectivity index (χ3n) is 3.04. The summed E-state index contributed by atoms with van der Waals surface area (Å²) in [6, 6.07) is 5.97. The highest BCUT2D eigenvalue weighted by atomic mass is 16.5. The molecule has 0 aromatic heterocycles. The maximum Gasteiger partial charge on any atom is 0.341 e. The van der Waals surface area contributed by atoms with Crippen molar-refractivity contribution in [2.45, 2.75) is 31.7 Å². The van der Waals surface area contributed by atoms with Gasteiger partial charge in [-0.3, -0.25) is 0 Å². The van der Waals surface area contributed by atoms with E-state index in [1.165, 1.54) is 11.1 Å². The third-order valence-corrected chi connectivity index (χ3v) is 3.04. The van der Waals surface area contributed by atoms with Crippen LogP contribution in [-0.4, -0.2) is 23.7 Å². The Morgan fingerprint density at radius 2 is 2.29 bits per heavy atom. The molecular weight excluding hydrogens is 218 g/mol. The molecule has 0 fully saturated rings. The van der Waals surface area contributed by atoms with Crippen molar-refractivity contribution in [3.63, 3.8) is 0 Å². The Morgan fingerprint density at radius 3 is 3.06 bits per heavy atom. The lowest BCUT2D eigenvalue weighted by Crippen LogP contribution is -2.21. The van der Waals surface area contributed by atoms with Crippen LogP contribution in [-0.2, 0) is 17.6 Å². The molecule has 1 aromatic rings. The quantitative estimate of drug-likeness (QED) is 0.776. The molecule has 4 heteroatoms. The number of carbonyl (C=O) groups is 1. The number of ether oxygens (including phenoxy) is 1. The van der Waals surface area contributed by atoms with Crippen LogP contribution in [0.5, 0.6) is 5.75 Å². The molecule has 0 bridgehead atoms. The molecule has 0 aliphatic heterocycles. The molecule has 1 aromatic carbocycles. The third kappa shape index (κ3) is 3.20. The van der Waals surface area contributed by atoms with Gasteiger partial charge in [0.15, 0.2) is 6.61 Å². The largest absolute Gasteiger partial charge is 0.482 e. The predicted molar refractivity (Wildman–Crippen MR) is 64.2 cm³/mol. The summed E-state index contributed by atoms with van der Waals surface area (Å²) in [5.74, 6) is -0.350. The highest BCUT2D eigenvalue weighted by molar-refractivity contribution is 5.68. The number of fused-ring (bicyclic) bond motifs is 1. The van der Waals surface area contributed by atoms with Crippen molar-refractivity contribution in [1.29, 1.82) is 0 Å². The molecular formula is C13H17NO3. The van der Waals surface area contributed by atoms with Gasteiger partial charge in [-0.05, 0) is 48.9 Å². The van der Waals surface area contributed by atoms with Crippen LogP contribution in [0.2, 0.25) is 0 Å². The summed E-state index contributed by atoms with van der Waals surface area (Å²) < 4.78 is 5.17. The lowest BCUT2D eigenvalue weighted by molar-refractivity contribution is -0.139. The van der Waals surface area contributed by atoms with E-state index < -0.39 is 5.97 Å². The molecule has 2 rings (SSSR count). The summed E-state index contributed by atoms with van der Waals surface area (Å²) in [4.78, 5) is 10.4. The fourth-order valence-corrected chi connectivity index (χ4v) is 2.21. The fourth-order valence-electron chi connectivity index (χ4n) is 2.21. The topological polar surface area (TPSA) is 72.5 Å². The van der Waals surface area contributed by atoms with Crippen molar-refractivity contribution >= 4 is 5.97 Å². The van der Waals surface area contributed by atoms with Crippen LogP contribution in [0.15, 0.2) is 18.2 Å². The standard InChI is InChI=1S/C13H17NO3/c14-11-3-1-2-9-4-5-12(7-10(9)6-11)17-8-13(15)16/h4-5,7,11H,1-3,6,8,14H2,(H,15,16). The smallest absolute Gasteiger partial charge is 0.341 e. The molecule has 17 heavy (non-hydrogen) atoms. The SMILES string of the molecule is NC1CCCc2ccc(OCC(=O)O)cc2C1. The van der Waals surface area contributed by atoms with E-state index in [9.17, 15) is 4.79 Å². The highest BCUT2D eigenvalue weighted by Gasteiger charge is 2.14. The van der Waals surface area contributed by atoms with Crippen LogP contribution < -0.4 is 10.5 Å². The molecule has 0 heterocycles. The second kappa shape index (κ2) is 5.19. The molecule has 0 spiro atoms. The van der Waals surface area contributed by atoms with E-state index >= 15 is 0 Å². The summed E-state index contributed by atoms with van der Waals surface area (Å²) >= 11 is 0. The van der Waals surface area contributed by atoms with Gasteiger partial charge < -0.3 is 15.6 Å². The molecule has 3 N–H and O–H groups in total. The first kappa shape index (κ1) is 11.9. The highest BCUT2D eigenvalue weighted by Crippen LogP contribution is 2.24. The summed E-state index contributed by atoms with van der Waals surface area (Å²) in [5.41, 5.74) is 8.49. The normalized spacial score (nSPS) is 19.2. The molecule has 0 saturated carbocycles. The van der Waals surface area contributed by atoms with Crippen LogP contribution >= 0.6 is 0 Å². The zero-order valence-corrected chi connectivity index (χ0v) is 9.69. The van der Waals surface area contributed by atoms with Crippen LogP contribution in [0, 0.1) is 0 Å². The lowest BCUT2D eigenvalue weighted by Gasteiger charge is -2.11. The lowest BCUT2D eigenvalue weighted by atomic mass is 10.0. The van der Waals surface area contributed by atoms with Gasteiger partial charge in [0.25, 0.3) is 0 Å². The number of aryl methyl sites for hydroxylation is 1. The van der Waals surface area contributed by atoms with Crippen molar-refractivity contribution < 1.29 is 14.6 Å². The van der Waals surface area contributed by atoms with Gasteiger partial charge in [-0.15, -0.1) is 0 Å². The van der Waals surface area contributed by atoms with Crippen molar-refractivity contribution in [2.75, 3.05) is 6.61 Å². The zero-order valence-electron chi connectivity index (χ0n) is 9.69. The Kier molecular flexibility index (Phi) is 3.64. The number of aliphatic carboxylic acids is 1. The van der Waals surface area contributed by atoms with Crippen molar-refractivity contribution in [1.82, 2.24) is 0 Å². The second-order valence-electron chi connectivity index (χ2n) is 4.47. The molecule has 1 atom stereocenters. The Labute approximate surface area is 100 Å². The Bertz CT molecular complexity index is 417. The maximum absolute atomic E-state index is 10.4. The minimum Gasteiger partial charge on any atom is -0.482 e. The van der Waals surface area contributed by atoms with E-state index in [1.54, 1.807) is 0 Å². The Morgan fingerprint density at radius 1 is 1.47 bits per heavy atom. The summed E-state index contributed by atoms with van der Waals surface area (Å²) in [5, 5.41) is 8.56. The minimum atomic E-state index is -0.961. The molecule has 0 amide bonds. The van der Waals surface area contributed by atoms with E-state index in [0.717, 1.165) is 25.7 Å². The molecule has 4 nitrogen and oxygen atoms in total. The predicted octanol–water partition coefficient (Wildman–Crippen LogP) is 1.36. The summed E-state index contributed by atoms with van der Waals surface area (Å²) in [7, 11) is 0. The van der Waals surface area contributed by atoms with Crippen molar-refractivity contribution in [3.8, 4) is 5.75 Å². The molecule has 1 aliphatic rings. The van der Waals surface area contributed by atoms with Gasteiger partial charge in [-0.1, -0.05) is 6.07 Å². The first-order chi connectivity index (χ1) is 8.15. The Hall–Kier alpha value is -1.55. The summed E-state index contributed by atoms with van der Waals surface area (Å²) in [6.07, 6.45) is 4.05. The van der Waals surface area contributed by atoms with Gasteiger partial charge in [0, 0.05) is 6.04 Å². The first-order valence-electron chi connectivity index (χ1n) is 5.87. The van der Waals surface area contributed by atoms with E-state index in [-0.39, 0.29) is 12.6 Å². The van der Waals surface area contributed by atoms with E-state index in [2.05, 4.69) is 0 Å². The van der Waals surface area contributed by atoms with E-state index in [0.29, 0.717) is 5.75 Å². The number of carboxylic acids is 1. The van der Waals surface area contributed by atoms with Gasteiger partial charge in [0.1, 0.15) is 5.75 Å². The Balaban J connectivity index is 2.14. The van der Waals surface area contributed by atoms with Gasteiger partial charge in [0.2, 0.25) is 0 Å². The maximum atomic E-state index is 10.4. The zero-order chi connectivity index (χ0) is 12.3. The number of carboxylic acid groups (broad SMARTS) is 1. The van der Waals surface area contributed by atoms with Gasteiger partial charge in [0.05, 0.1) is 0 Å². The van der Waals surface area contributed by atoms with E-state index in [1.807, 2.05) is 18.2 Å².